The predicted molar refractivity (Wildman–Crippen MR) is 137 cm³/mol. The number of nitrogens with one attached hydrogen (secondary N) is 2. The van der Waals surface area contributed by atoms with Crippen LogP contribution in [0.15, 0.2) is 81.5 Å². The monoisotopic (exact) mass is 421 g/mol. The Morgan fingerprint density at radius 2 is 1.68 bits per heavy atom. The first-order chi connectivity index (χ1) is 15.0. The molecule has 0 saturated heterocycles. The fourth-order valence-corrected chi connectivity index (χ4v) is 3.17. The van der Waals surface area contributed by atoms with Crippen LogP contribution < -0.4 is 10.6 Å². The summed E-state index contributed by atoms with van der Waals surface area (Å²) < 4.78 is 5.55. The van der Waals surface area contributed by atoms with E-state index in [1.807, 2.05) is 59.0 Å². The minimum atomic E-state index is 0.780. The molecule has 0 spiro atoms. The Balaban J connectivity index is 0.00000113. The molecule has 0 radical (unpaired) electrons. The molecular formula is C27H39N3O. The van der Waals surface area contributed by atoms with Gasteiger partial charge in [-0.05, 0) is 56.5 Å². The first-order valence-electron chi connectivity index (χ1n) is 11.2. The first-order valence-corrected chi connectivity index (χ1v) is 11.2. The molecule has 4 heteroatoms. The number of nitrogens with zero attached hydrogens (tertiary/aromatic N) is 1. The molecule has 3 rings (SSSR count). The Morgan fingerprint density at radius 1 is 1.00 bits per heavy atom. The van der Waals surface area contributed by atoms with Gasteiger partial charge in [0.25, 0.3) is 0 Å². The number of hydrogen-bond donors (Lipinski definition) is 2. The molecule has 168 valence electrons. The number of methoxy groups -OCH3 is 1. The molecule has 0 fully saturated rings. The van der Waals surface area contributed by atoms with Crippen LogP contribution in [0.1, 0.15) is 60.5 Å². The Labute approximate surface area is 189 Å². The van der Waals surface area contributed by atoms with E-state index in [1.54, 1.807) is 7.11 Å². The van der Waals surface area contributed by atoms with Gasteiger partial charge in [-0.25, -0.2) is 4.99 Å². The maximum atomic E-state index is 5.55. The van der Waals surface area contributed by atoms with Gasteiger partial charge in [-0.2, -0.15) is 0 Å². The number of aliphatic imine (C=N–C) groups is 1. The zero-order chi connectivity index (χ0) is 23.4. The molecule has 0 unspecified atom stereocenters. The summed E-state index contributed by atoms with van der Waals surface area (Å²) in [6, 6.07) is 8.18. The Kier molecular flexibility index (Phi) is 11.2. The minimum absolute atomic E-state index is 0.780. The summed E-state index contributed by atoms with van der Waals surface area (Å²) in [6.07, 6.45) is 9.11. The molecule has 1 aromatic carbocycles. The van der Waals surface area contributed by atoms with E-state index < -0.39 is 0 Å². The smallest absolute Gasteiger partial charge is 0.146 e. The summed E-state index contributed by atoms with van der Waals surface area (Å²) in [4.78, 5) is 4.75. The number of rotatable bonds is 5. The van der Waals surface area contributed by atoms with Crippen LogP contribution in [-0.4, -0.2) is 19.9 Å². The number of dihydropyridines is 1. The van der Waals surface area contributed by atoms with Crippen molar-refractivity contribution >= 4 is 17.5 Å². The zero-order valence-corrected chi connectivity index (χ0v) is 20.7. The van der Waals surface area contributed by atoms with Crippen LogP contribution in [0.5, 0.6) is 0 Å². The average Bonchev–Trinajstić information content (AvgIpc) is 3.20. The van der Waals surface area contributed by atoms with E-state index in [0.29, 0.717) is 0 Å². The van der Waals surface area contributed by atoms with Crippen molar-refractivity contribution in [3.05, 3.63) is 82.1 Å². The first kappa shape index (κ1) is 26.0. The number of ether oxygens (including phenoxy) is 1. The van der Waals surface area contributed by atoms with Crippen molar-refractivity contribution in [2.75, 3.05) is 19.5 Å². The number of allylic oxidation sites excluding steroid dienone is 6. The van der Waals surface area contributed by atoms with Gasteiger partial charge < -0.3 is 15.4 Å². The molecule has 0 aromatic heterocycles. The van der Waals surface area contributed by atoms with E-state index in [4.69, 9.17) is 9.73 Å². The third kappa shape index (κ3) is 7.02. The van der Waals surface area contributed by atoms with Crippen LogP contribution in [0.4, 0.5) is 5.69 Å². The summed E-state index contributed by atoms with van der Waals surface area (Å²) in [5.74, 6) is 0.780. The SMILES string of the molecule is CC.CC.CNc1ccccc1/C=C/C1=NC(=C\C2=C(C)CC(C)=C(C)N2)/C(OC)=C1. The molecule has 1 aromatic rings. The van der Waals surface area contributed by atoms with E-state index in [0.717, 1.165) is 40.5 Å². The number of benzene rings is 1. The second-order valence-corrected chi connectivity index (χ2v) is 6.85. The fourth-order valence-electron chi connectivity index (χ4n) is 3.17. The van der Waals surface area contributed by atoms with E-state index in [-0.39, 0.29) is 0 Å². The Hall–Kier alpha value is -3.01. The van der Waals surface area contributed by atoms with Crippen molar-refractivity contribution in [1.82, 2.24) is 5.32 Å². The molecule has 0 atom stereocenters. The van der Waals surface area contributed by atoms with E-state index in [2.05, 4.69) is 55.7 Å². The van der Waals surface area contributed by atoms with Gasteiger partial charge in [-0.3, -0.25) is 0 Å². The topological polar surface area (TPSA) is 45.7 Å². The molecule has 2 aliphatic rings. The highest BCUT2D eigenvalue weighted by molar-refractivity contribution is 6.09. The van der Waals surface area contributed by atoms with Gasteiger partial charge >= 0.3 is 0 Å². The standard InChI is InChI=1S/C23H27N3O.2C2H6/c1-15-12-16(2)21(25-17(15)3)14-22-23(27-5)13-19(26-22)11-10-18-8-6-7-9-20(18)24-4;2*1-2/h6-11,13-14,24-25H,12H2,1-5H3;2*1-2H3/b11-10+,22-14-;;. The van der Waals surface area contributed by atoms with Gasteiger partial charge in [0.2, 0.25) is 0 Å². The maximum Gasteiger partial charge on any atom is 0.146 e. The van der Waals surface area contributed by atoms with Crippen LogP contribution in [0.2, 0.25) is 0 Å². The highest BCUT2D eigenvalue weighted by atomic mass is 16.5. The quantitative estimate of drug-likeness (QED) is 0.527. The number of para-hydroxylation sites is 1. The lowest BCUT2D eigenvalue weighted by Crippen LogP contribution is -2.17. The zero-order valence-electron chi connectivity index (χ0n) is 20.7. The summed E-state index contributed by atoms with van der Waals surface area (Å²) in [6.45, 7) is 14.4. The van der Waals surface area contributed by atoms with Gasteiger partial charge in [0.15, 0.2) is 0 Å². The second-order valence-electron chi connectivity index (χ2n) is 6.85. The van der Waals surface area contributed by atoms with Crippen molar-refractivity contribution < 1.29 is 4.74 Å². The molecule has 0 saturated carbocycles. The lowest BCUT2D eigenvalue weighted by molar-refractivity contribution is 0.302. The Morgan fingerprint density at radius 3 is 2.32 bits per heavy atom. The van der Waals surface area contributed by atoms with Crippen LogP contribution in [-0.2, 0) is 4.74 Å². The summed E-state index contributed by atoms with van der Waals surface area (Å²) in [5, 5.41) is 6.68. The summed E-state index contributed by atoms with van der Waals surface area (Å²) in [5.41, 5.74) is 8.92. The van der Waals surface area contributed by atoms with E-state index in [9.17, 15) is 0 Å². The van der Waals surface area contributed by atoms with Crippen molar-refractivity contribution in [3.8, 4) is 0 Å². The highest BCUT2D eigenvalue weighted by Gasteiger charge is 2.17. The Bertz CT molecular complexity index is 928. The lowest BCUT2D eigenvalue weighted by Gasteiger charge is -2.21. The maximum absolute atomic E-state index is 5.55. The van der Waals surface area contributed by atoms with Gasteiger partial charge in [-0.15, -0.1) is 0 Å². The molecule has 0 aliphatic carbocycles. The normalized spacial score (nSPS) is 16.7. The molecule has 2 heterocycles. The van der Waals surface area contributed by atoms with Gasteiger partial charge in [0.1, 0.15) is 11.5 Å². The van der Waals surface area contributed by atoms with Crippen molar-refractivity contribution in [2.45, 2.75) is 54.9 Å². The molecule has 4 nitrogen and oxygen atoms in total. The van der Waals surface area contributed by atoms with Crippen LogP contribution >= 0.6 is 0 Å². The largest absolute Gasteiger partial charge is 0.494 e. The van der Waals surface area contributed by atoms with E-state index in [1.165, 1.54) is 16.8 Å². The van der Waals surface area contributed by atoms with Crippen molar-refractivity contribution in [3.63, 3.8) is 0 Å². The predicted octanol–water partition coefficient (Wildman–Crippen LogP) is 7.22. The third-order valence-corrected chi connectivity index (χ3v) is 4.90. The summed E-state index contributed by atoms with van der Waals surface area (Å²) in [7, 11) is 3.61. The second kappa shape index (κ2) is 13.3. The van der Waals surface area contributed by atoms with E-state index >= 15 is 0 Å². The molecule has 2 N–H and O–H groups in total. The van der Waals surface area contributed by atoms with Crippen molar-refractivity contribution in [2.24, 2.45) is 4.99 Å². The number of hydrogen-bond acceptors (Lipinski definition) is 4. The highest BCUT2D eigenvalue weighted by Crippen LogP contribution is 2.27. The average molecular weight is 422 g/mol. The van der Waals surface area contributed by atoms with Gasteiger partial charge in [0, 0.05) is 30.2 Å². The molecule has 2 aliphatic heterocycles. The van der Waals surface area contributed by atoms with Gasteiger partial charge in [0.05, 0.1) is 12.8 Å². The third-order valence-electron chi connectivity index (χ3n) is 4.90. The van der Waals surface area contributed by atoms with Gasteiger partial charge in [-0.1, -0.05) is 57.5 Å². The summed E-state index contributed by atoms with van der Waals surface area (Å²) >= 11 is 0. The van der Waals surface area contributed by atoms with Crippen molar-refractivity contribution in [1.29, 1.82) is 0 Å². The minimum Gasteiger partial charge on any atom is -0.494 e. The number of anilines is 1. The van der Waals surface area contributed by atoms with Crippen LogP contribution in [0, 0.1) is 0 Å². The van der Waals surface area contributed by atoms with Crippen LogP contribution in [0.3, 0.4) is 0 Å². The van der Waals surface area contributed by atoms with Crippen LogP contribution in [0.25, 0.3) is 6.08 Å². The lowest BCUT2D eigenvalue weighted by atomic mass is 10.00. The molecule has 0 amide bonds. The molecular weight excluding hydrogens is 382 g/mol. The fraction of sp³-hybridized carbons (Fsp3) is 0.370. The molecule has 0 bridgehead atoms. The molecule has 31 heavy (non-hydrogen) atoms.